The molecule has 0 amide bonds. The monoisotopic (exact) mass is 160 g/mol. The van der Waals surface area contributed by atoms with Gasteiger partial charge in [-0.2, -0.15) is 0 Å². The Bertz CT molecular complexity index is 196. The first-order chi connectivity index (χ1) is 5.93. The summed E-state index contributed by atoms with van der Waals surface area (Å²) in [6.45, 7) is 0. The van der Waals surface area contributed by atoms with Crippen LogP contribution in [0.1, 0.15) is 51.4 Å². The van der Waals surface area contributed by atoms with Crippen molar-refractivity contribution in [3.8, 4) is 0 Å². The molecule has 6 rings (SSSR count). The van der Waals surface area contributed by atoms with Gasteiger partial charge < -0.3 is 0 Å². The van der Waals surface area contributed by atoms with E-state index in [0.717, 1.165) is 0 Å². The van der Waals surface area contributed by atoms with E-state index in [1.165, 1.54) is 51.4 Å². The summed E-state index contributed by atoms with van der Waals surface area (Å²) in [6, 6.07) is 0. The predicted molar refractivity (Wildman–Crippen MR) is 51.0 cm³/mol. The Labute approximate surface area is 74.4 Å². The maximum atomic E-state index is 1.84. The molecule has 0 aromatic rings. The number of allylic oxidation sites excluding steroid dienone is 4. The van der Waals surface area contributed by atoms with Crippen molar-refractivity contribution in [3.05, 3.63) is 22.3 Å². The molecular formula is C12H16. The lowest BCUT2D eigenvalue weighted by Crippen LogP contribution is -2.12. The second-order valence-electron chi connectivity index (χ2n) is 4.41. The van der Waals surface area contributed by atoms with Crippen LogP contribution in [0.15, 0.2) is 22.3 Å². The fraction of sp³-hybridized carbons (Fsp3) is 0.667. The Morgan fingerprint density at radius 3 is 0.667 bits per heavy atom. The summed E-state index contributed by atoms with van der Waals surface area (Å²) in [6.07, 6.45) is 11.3. The van der Waals surface area contributed by atoms with Gasteiger partial charge in [-0.05, 0) is 51.4 Å². The zero-order valence-electron chi connectivity index (χ0n) is 7.66. The molecule has 0 nitrogen and oxygen atoms in total. The molecule has 6 aliphatic rings. The van der Waals surface area contributed by atoms with Crippen LogP contribution < -0.4 is 0 Å². The van der Waals surface area contributed by atoms with Gasteiger partial charge in [0, 0.05) is 0 Å². The summed E-state index contributed by atoms with van der Waals surface area (Å²) in [4.78, 5) is 0. The van der Waals surface area contributed by atoms with E-state index in [2.05, 4.69) is 0 Å². The highest BCUT2D eigenvalue weighted by molar-refractivity contribution is 5.33. The third-order valence-corrected chi connectivity index (χ3v) is 3.91. The van der Waals surface area contributed by atoms with Gasteiger partial charge in [-0.1, -0.05) is 22.3 Å². The van der Waals surface area contributed by atoms with Crippen LogP contribution in [-0.4, -0.2) is 0 Å². The van der Waals surface area contributed by atoms with Gasteiger partial charge in [0.25, 0.3) is 0 Å². The molecule has 64 valence electrons. The molecule has 0 aromatic carbocycles. The number of hydrogen-bond acceptors (Lipinski definition) is 0. The highest BCUT2D eigenvalue weighted by Crippen LogP contribution is 2.43. The molecule has 0 unspecified atom stereocenters. The van der Waals surface area contributed by atoms with Crippen LogP contribution in [0, 0.1) is 0 Å². The first kappa shape index (κ1) is 6.94. The standard InChI is InChI=1S/C12H16/c1-2-10-4-3-9(1)11-5-7-12(10)8-6-11/h1-8H2. The second-order valence-corrected chi connectivity index (χ2v) is 4.41. The van der Waals surface area contributed by atoms with Crippen molar-refractivity contribution in [2.75, 3.05) is 0 Å². The van der Waals surface area contributed by atoms with Crippen molar-refractivity contribution in [3.63, 3.8) is 0 Å². The number of hydrogen-bond donors (Lipinski definition) is 0. The Kier molecular flexibility index (Phi) is 1.44. The van der Waals surface area contributed by atoms with E-state index in [1.807, 2.05) is 22.3 Å². The lowest BCUT2D eigenvalue weighted by molar-refractivity contribution is 0.599. The summed E-state index contributed by atoms with van der Waals surface area (Å²) in [5.74, 6) is 0. The van der Waals surface area contributed by atoms with Crippen LogP contribution in [-0.2, 0) is 0 Å². The first-order valence-electron chi connectivity index (χ1n) is 5.33. The molecule has 0 heterocycles. The van der Waals surface area contributed by atoms with Gasteiger partial charge >= 0.3 is 0 Å². The van der Waals surface area contributed by atoms with Gasteiger partial charge in [-0.3, -0.25) is 0 Å². The minimum atomic E-state index is 1.41. The largest absolute Gasteiger partial charge is 0.0704 e. The zero-order chi connectivity index (χ0) is 7.97. The number of rotatable bonds is 0. The molecule has 0 atom stereocenters. The molecule has 0 saturated heterocycles. The van der Waals surface area contributed by atoms with E-state index >= 15 is 0 Å². The minimum absolute atomic E-state index is 1.41. The molecule has 0 aromatic heterocycles. The third-order valence-electron chi connectivity index (χ3n) is 3.91. The van der Waals surface area contributed by atoms with Crippen LogP contribution in [0.3, 0.4) is 0 Å². The molecule has 2 fully saturated rings. The first-order valence-corrected chi connectivity index (χ1v) is 5.33. The topological polar surface area (TPSA) is 0 Å². The lowest BCUT2D eigenvalue weighted by Gasteiger charge is -2.32. The Morgan fingerprint density at radius 1 is 0.333 bits per heavy atom. The van der Waals surface area contributed by atoms with Gasteiger partial charge in [-0.25, -0.2) is 0 Å². The van der Waals surface area contributed by atoms with E-state index in [-0.39, 0.29) is 0 Å². The Hall–Kier alpha value is -0.520. The normalized spacial score (nSPS) is 28.0. The Morgan fingerprint density at radius 2 is 0.500 bits per heavy atom. The summed E-state index contributed by atoms with van der Waals surface area (Å²) in [5, 5.41) is 0. The molecule has 0 radical (unpaired) electrons. The predicted octanol–water partition coefficient (Wildman–Crippen LogP) is 3.74. The summed E-state index contributed by atoms with van der Waals surface area (Å²) >= 11 is 0. The molecule has 0 heteroatoms. The fourth-order valence-electron chi connectivity index (χ4n) is 3.12. The quantitative estimate of drug-likeness (QED) is 0.473. The van der Waals surface area contributed by atoms with E-state index < -0.39 is 0 Å². The van der Waals surface area contributed by atoms with Crippen molar-refractivity contribution in [2.45, 2.75) is 51.4 Å². The van der Waals surface area contributed by atoms with Crippen LogP contribution in [0.5, 0.6) is 0 Å². The maximum Gasteiger partial charge on any atom is -0.0280 e. The van der Waals surface area contributed by atoms with Gasteiger partial charge in [0.05, 0.1) is 0 Å². The molecule has 4 bridgehead atoms. The summed E-state index contributed by atoms with van der Waals surface area (Å²) in [5.41, 5.74) is 7.38. The lowest BCUT2D eigenvalue weighted by atomic mass is 9.74. The van der Waals surface area contributed by atoms with Crippen molar-refractivity contribution in [2.24, 2.45) is 0 Å². The third kappa shape index (κ3) is 0.903. The minimum Gasteiger partial charge on any atom is -0.0704 e. The molecule has 0 N–H and O–H groups in total. The van der Waals surface area contributed by atoms with Crippen molar-refractivity contribution < 1.29 is 0 Å². The average Bonchev–Trinajstić information content (AvgIpc) is 2.13. The maximum absolute atomic E-state index is 1.84. The smallest absolute Gasteiger partial charge is 0.0280 e. The van der Waals surface area contributed by atoms with Crippen LogP contribution in [0.4, 0.5) is 0 Å². The molecule has 2 saturated carbocycles. The van der Waals surface area contributed by atoms with Gasteiger partial charge in [0.2, 0.25) is 0 Å². The van der Waals surface area contributed by atoms with Crippen molar-refractivity contribution >= 4 is 0 Å². The summed E-state index contributed by atoms with van der Waals surface area (Å²) < 4.78 is 0. The van der Waals surface area contributed by atoms with E-state index in [1.54, 1.807) is 0 Å². The Balaban J connectivity index is 2.12. The van der Waals surface area contributed by atoms with Crippen LogP contribution in [0.2, 0.25) is 0 Å². The van der Waals surface area contributed by atoms with Crippen molar-refractivity contribution in [1.82, 2.24) is 0 Å². The molecule has 12 heavy (non-hydrogen) atoms. The van der Waals surface area contributed by atoms with E-state index in [4.69, 9.17) is 0 Å². The zero-order valence-corrected chi connectivity index (χ0v) is 7.66. The highest BCUT2D eigenvalue weighted by atomic mass is 14.3. The molecule has 6 aliphatic carbocycles. The van der Waals surface area contributed by atoms with Crippen LogP contribution >= 0.6 is 0 Å². The second kappa shape index (κ2) is 2.48. The van der Waals surface area contributed by atoms with Gasteiger partial charge in [0.1, 0.15) is 0 Å². The fourth-order valence-corrected chi connectivity index (χ4v) is 3.12. The average molecular weight is 160 g/mol. The summed E-state index contributed by atoms with van der Waals surface area (Å²) in [7, 11) is 0. The SMILES string of the molecule is C1CC2=C3CCC(=C1CC2)CC3. The van der Waals surface area contributed by atoms with E-state index in [9.17, 15) is 0 Å². The van der Waals surface area contributed by atoms with Gasteiger partial charge in [0.15, 0.2) is 0 Å². The van der Waals surface area contributed by atoms with Gasteiger partial charge in [-0.15, -0.1) is 0 Å². The molecule has 0 aliphatic heterocycles. The van der Waals surface area contributed by atoms with Crippen LogP contribution in [0.25, 0.3) is 0 Å². The molecule has 0 spiro atoms. The van der Waals surface area contributed by atoms with E-state index in [0.29, 0.717) is 0 Å². The highest BCUT2D eigenvalue weighted by Gasteiger charge is 2.24. The van der Waals surface area contributed by atoms with Crippen molar-refractivity contribution in [1.29, 1.82) is 0 Å². The molecular weight excluding hydrogens is 144 g/mol.